The maximum atomic E-state index is 4.62. The number of anilines is 1. The van der Waals surface area contributed by atoms with Crippen LogP contribution in [0, 0.1) is 13.8 Å². The van der Waals surface area contributed by atoms with Gasteiger partial charge in [-0.25, -0.2) is 9.97 Å². The zero-order valence-electron chi connectivity index (χ0n) is 13.8. The van der Waals surface area contributed by atoms with Crippen molar-refractivity contribution in [3.63, 3.8) is 0 Å². The Balaban J connectivity index is 1.50. The van der Waals surface area contributed by atoms with Crippen LogP contribution in [0.5, 0.6) is 0 Å². The molecule has 0 aromatic carbocycles. The number of fused-ring (bicyclic) bond motifs is 1. The van der Waals surface area contributed by atoms with Crippen molar-refractivity contribution in [2.24, 2.45) is 0 Å². The molecule has 0 saturated carbocycles. The van der Waals surface area contributed by atoms with E-state index in [1.807, 2.05) is 11.3 Å². The number of aromatic nitrogens is 2. The van der Waals surface area contributed by atoms with E-state index in [-0.39, 0.29) is 0 Å². The van der Waals surface area contributed by atoms with Crippen LogP contribution in [0.3, 0.4) is 0 Å². The number of aryl methyl sites for hydroxylation is 2. The predicted octanol–water partition coefficient (Wildman–Crippen LogP) is 4.45. The largest absolute Gasteiger partial charge is 0.353 e. The van der Waals surface area contributed by atoms with Crippen molar-refractivity contribution in [2.45, 2.75) is 20.4 Å². The van der Waals surface area contributed by atoms with Gasteiger partial charge in [0.15, 0.2) is 0 Å². The fourth-order valence-corrected chi connectivity index (χ4v) is 5.70. The number of rotatable bonds is 3. The molecular weight excluding hydrogens is 404 g/mol. The van der Waals surface area contributed by atoms with Crippen LogP contribution >= 0.6 is 38.6 Å². The molecular formula is C17H19BrN4S2. The smallest absolute Gasteiger partial charge is 0.141 e. The number of nitrogens with zero attached hydrogens (tertiary/aromatic N) is 4. The molecule has 1 aliphatic rings. The van der Waals surface area contributed by atoms with Crippen LogP contribution in [0.2, 0.25) is 0 Å². The van der Waals surface area contributed by atoms with Gasteiger partial charge >= 0.3 is 0 Å². The van der Waals surface area contributed by atoms with Crippen LogP contribution in [0.25, 0.3) is 10.2 Å². The lowest BCUT2D eigenvalue weighted by Crippen LogP contribution is -2.46. The average Bonchev–Trinajstić information content (AvgIpc) is 3.12. The molecule has 3 aromatic heterocycles. The maximum Gasteiger partial charge on any atom is 0.141 e. The molecule has 0 amide bonds. The lowest BCUT2D eigenvalue weighted by molar-refractivity contribution is 0.251. The monoisotopic (exact) mass is 422 g/mol. The van der Waals surface area contributed by atoms with Gasteiger partial charge in [-0.1, -0.05) is 0 Å². The number of hydrogen-bond acceptors (Lipinski definition) is 6. The van der Waals surface area contributed by atoms with Gasteiger partial charge in [-0.2, -0.15) is 0 Å². The summed E-state index contributed by atoms with van der Waals surface area (Å²) in [5, 5.41) is 1.25. The summed E-state index contributed by atoms with van der Waals surface area (Å²) < 4.78 is 1.21. The minimum atomic E-state index is 1.02. The minimum absolute atomic E-state index is 1.02. The molecule has 3 aromatic rings. The summed E-state index contributed by atoms with van der Waals surface area (Å²) in [6.45, 7) is 9.58. The number of halogens is 1. The molecule has 1 saturated heterocycles. The lowest BCUT2D eigenvalue weighted by atomic mass is 10.2. The van der Waals surface area contributed by atoms with Crippen molar-refractivity contribution in [3.8, 4) is 0 Å². The Morgan fingerprint density at radius 1 is 1.08 bits per heavy atom. The Hall–Kier alpha value is -1.02. The van der Waals surface area contributed by atoms with E-state index in [4.69, 9.17) is 0 Å². The maximum absolute atomic E-state index is 4.62. The van der Waals surface area contributed by atoms with Crippen molar-refractivity contribution in [1.29, 1.82) is 0 Å². The van der Waals surface area contributed by atoms with Gasteiger partial charge in [-0.3, -0.25) is 4.90 Å². The van der Waals surface area contributed by atoms with Crippen LogP contribution in [0.4, 0.5) is 5.82 Å². The lowest BCUT2D eigenvalue weighted by Gasteiger charge is -2.35. The van der Waals surface area contributed by atoms with Crippen LogP contribution in [-0.4, -0.2) is 41.0 Å². The Labute approximate surface area is 158 Å². The van der Waals surface area contributed by atoms with Crippen molar-refractivity contribution in [2.75, 3.05) is 31.1 Å². The van der Waals surface area contributed by atoms with Crippen molar-refractivity contribution in [1.82, 2.24) is 14.9 Å². The van der Waals surface area contributed by atoms with E-state index in [1.165, 1.54) is 24.5 Å². The van der Waals surface area contributed by atoms with Gasteiger partial charge in [0.1, 0.15) is 17.0 Å². The number of hydrogen-bond donors (Lipinski definition) is 0. The number of piperazine rings is 1. The van der Waals surface area contributed by atoms with Gasteiger partial charge in [-0.15, -0.1) is 22.7 Å². The van der Waals surface area contributed by atoms with E-state index in [9.17, 15) is 0 Å². The van der Waals surface area contributed by atoms with Gasteiger partial charge in [0.05, 0.1) is 9.17 Å². The standard InChI is InChI=1S/C17H19BrN4S2/c1-11-12(2)23-17-15(11)16(19-10-20-17)22-7-5-21(6-8-22)9-13-3-4-14(18)24-13/h3-4,10H,5-9H2,1-2H3. The SMILES string of the molecule is Cc1sc2ncnc(N3CCN(Cc4ccc(Br)s4)CC3)c2c1C. The molecule has 0 aliphatic carbocycles. The van der Waals surface area contributed by atoms with E-state index in [0.29, 0.717) is 0 Å². The third-order valence-electron chi connectivity index (χ3n) is 4.63. The predicted molar refractivity (Wildman–Crippen MR) is 106 cm³/mol. The first kappa shape index (κ1) is 16.4. The van der Waals surface area contributed by atoms with Gasteiger partial charge in [0.2, 0.25) is 0 Å². The highest BCUT2D eigenvalue weighted by atomic mass is 79.9. The third-order valence-corrected chi connectivity index (χ3v) is 7.35. The van der Waals surface area contributed by atoms with Gasteiger partial charge < -0.3 is 4.90 Å². The first-order valence-electron chi connectivity index (χ1n) is 8.04. The summed E-state index contributed by atoms with van der Waals surface area (Å²) in [5.41, 5.74) is 1.33. The highest BCUT2D eigenvalue weighted by Crippen LogP contribution is 2.34. The highest BCUT2D eigenvalue weighted by molar-refractivity contribution is 9.11. The molecule has 0 unspecified atom stereocenters. The first-order chi connectivity index (χ1) is 11.6. The Bertz CT molecular complexity index is 865. The molecule has 0 N–H and O–H groups in total. The number of thiophene rings is 2. The second-order valence-corrected chi connectivity index (χ2v) is 9.88. The first-order valence-corrected chi connectivity index (χ1v) is 10.5. The fourth-order valence-electron chi connectivity index (χ4n) is 3.18. The minimum Gasteiger partial charge on any atom is -0.353 e. The summed E-state index contributed by atoms with van der Waals surface area (Å²) in [7, 11) is 0. The zero-order valence-corrected chi connectivity index (χ0v) is 17.0. The van der Waals surface area contributed by atoms with Crippen LogP contribution in [0.15, 0.2) is 22.2 Å². The summed E-state index contributed by atoms with van der Waals surface area (Å²) in [5.74, 6) is 1.11. The topological polar surface area (TPSA) is 32.3 Å². The Kier molecular flexibility index (Phi) is 4.60. The molecule has 0 bridgehead atoms. The van der Waals surface area contributed by atoms with Crippen molar-refractivity contribution >= 4 is 54.6 Å². The summed E-state index contributed by atoms with van der Waals surface area (Å²) in [4.78, 5) is 17.9. The van der Waals surface area contributed by atoms with E-state index in [0.717, 1.165) is 43.4 Å². The summed E-state index contributed by atoms with van der Waals surface area (Å²) >= 11 is 7.14. The molecule has 24 heavy (non-hydrogen) atoms. The Morgan fingerprint density at radius 2 is 1.88 bits per heavy atom. The normalized spacial score (nSPS) is 16.2. The van der Waals surface area contributed by atoms with E-state index in [1.54, 1.807) is 17.7 Å². The molecule has 0 atom stereocenters. The molecule has 1 aliphatic heterocycles. The quantitative estimate of drug-likeness (QED) is 0.623. The summed E-state index contributed by atoms with van der Waals surface area (Å²) in [6.07, 6.45) is 1.71. The van der Waals surface area contributed by atoms with Gasteiger partial charge in [-0.05, 0) is 47.5 Å². The summed E-state index contributed by atoms with van der Waals surface area (Å²) in [6, 6.07) is 4.35. The van der Waals surface area contributed by atoms with E-state index < -0.39 is 0 Å². The van der Waals surface area contributed by atoms with Crippen LogP contribution in [0.1, 0.15) is 15.3 Å². The zero-order chi connectivity index (χ0) is 16.7. The van der Waals surface area contributed by atoms with Gasteiger partial charge in [0.25, 0.3) is 0 Å². The molecule has 4 rings (SSSR count). The average molecular weight is 423 g/mol. The van der Waals surface area contributed by atoms with E-state index >= 15 is 0 Å². The van der Waals surface area contributed by atoms with Crippen molar-refractivity contribution < 1.29 is 0 Å². The van der Waals surface area contributed by atoms with E-state index in [2.05, 4.69) is 61.7 Å². The molecule has 4 nitrogen and oxygen atoms in total. The Morgan fingerprint density at radius 3 is 2.58 bits per heavy atom. The van der Waals surface area contributed by atoms with Crippen LogP contribution in [-0.2, 0) is 6.54 Å². The molecule has 4 heterocycles. The van der Waals surface area contributed by atoms with Gasteiger partial charge in [0, 0.05) is 42.5 Å². The second kappa shape index (κ2) is 6.71. The molecule has 0 spiro atoms. The second-order valence-electron chi connectivity index (χ2n) is 6.13. The highest BCUT2D eigenvalue weighted by Gasteiger charge is 2.22. The molecule has 1 fully saturated rings. The van der Waals surface area contributed by atoms with Crippen molar-refractivity contribution in [3.05, 3.63) is 37.6 Å². The fraction of sp³-hybridized carbons (Fsp3) is 0.412. The third kappa shape index (κ3) is 3.10. The molecule has 7 heteroatoms. The molecule has 0 radical (unpaired) electrons. The van der Waals surface area contributed by atoms with Crippen LogP contribution < -0.4 is 4.90 Å². The molecule has 126 valence electrons.